The minimum Gasteiger partial charge on any atom is -0.490 e. The first kappa shape index (κ1) is 21.0. The quantitative estimate of drug-likeness (QED) is 0.701. The second kappa shape index (κ2) is 8.73. The number of nitrogens with zero attached hydrogens (tertiary/aromatic N) is 2. The monoisotopic (exact) mass is 388 g/mol. The Bertz CT molecular complexity index is 688. The summed E-state index contributed by atoms with van der Waals surface area (Å²) in [6.07, 6.45) is 4.23. The summed E-state index contributed by atoms with van der Waals surface area (Å²) in [4.78, 5) is 17.9. The first-order valence-electron chi connectivity index (χ1n) is 10.9. The third-order valence-electron chi connectivity index (χ3n) is 5.94. The van der Waals surface area contributed by atoms with E-state index in [4.69, 9.17) is 9.47 Å². The maximum absolute atomic E-state index is 13.4. The lowest BCUT2D eigenvalue weighted by atomic mass is 9.84. The Balaban J connectivity index is 1.82. The number of carbonyl (C=O) groups is 1. The summed E-state index contributed by atoms with van der Waals surface area (Å²) in [6.45, 7) is 13.5. The van der Waals surface area contributed by atoms with Gasteiger partial charge in [-0.15, -0.1) is 0 Å². The predicted octanol–water partition coefficient (Wildman–Crippen LogP) is 4.24. The van der Waals surface area contributed by atoms with Gasteiger partial charge in [0, 0.05) is 19.1 Å². The average Bonchev–Trinajstić information content (AvgIpc) is 3.02. The Morgan fingerprint density at radius 1 is 1.07 bits per heavy atom. The molecule has 1 aromatic rings. The highest BCUT2D eigenvalue weighted by atomic mass is 16.5. The molecular weight excluding hydrogens is 352 g/mol. The van der Waals surface area contributed by atoms with Crippen molar-refractivity contribution in [1.82, 2.24) is 9.80 Å². The Morgan fingerprint density at radius 2 is 1.79 bits per heavy atom. The van der Waals surface area contributed by atoms with E-state index in [1.165, 1.54) is 5.56 Å². The van der Waals surface area contributed by atoms with Gasteiger partial charge in [-0.1, -0.05) is 6.07 Å². The molecule has 0 radical (unpaired) electrons. The molecule has 1 aromatic carbocycles. The van der Waals surface area contributed by atoms with E-state index in [0.717, 1.165) is 56.8 Å². The molecule has 0 aromatic heterocycles. The van der Waals surface area contributed by atoms with Crippen LogP contribution in [0.5, 0.6) is 11.5 Å². The van der Waals surface area contributed by atoms with E-state index < -0.39 is 0 Å². The molecule has 1 amide bonds. The van der Waals surface area contributed by atoms with Crippen LogP contribution >= 0.6 is 0 Å². The number of likely N-dealkylation sites (tertiary alicyclic amines) is 2. The van der Waals surface area contributed by atoms with Crippen molar-refractivity contribution >= 4 is 5.91 Å². The lowest BCUT2D eigenvalue weighted by Crippen LogP contribution is -2.61. The molecule has 1 unspecified atom stereocenters. The summed E-state index contributed by atoms with van der Waals surface area (Å²) in [5.74, 6) is 1.91. The van der Waals surface area contributed by atoms with E-state index in [1.54, 1.807) is 0 Å². The van der Waals surface area contributed by atoms with Gasteiger partial charge >= 0.3 is 0 Å². The van der Waals surface area contributed by atoms with E-state index in [9.17, 15) is 4.79 Å². The van der Waals surface area contributed by atoms with Crippen LogP contribution in [0.2, 0.25) is 0 Å². The van der Waals surface area contributed by atoms with Crippen molar-refractivity contribution in [3.63, 3.8) is 0 Å². The van der Waals surface area contributed by atoms with E-state index in [0.29, 0.717) is 12.5 Å². The first-order valence-corrected chi connectivity index (χ1v) is 10.9. The molecule has 0 saturated carbocycles. The Hall–Kier alpha value is -1.75. The number of piperidine rings is 1. The molecule has 28 heavy (non-hydrogen) atoms. The number of ether oxygens (including phenoxy) is 2. The van der Waals surface area contributed by atoms with Crippen LogP contribution in [-0.2, 0) is 11.3 Å². The van der Waals surface area contributed by atoms with E-state index in [-0.39, 0.29) is 17.7 Å². The average molecular weight is 389 g/mol. The lowest BCUT2D eigenvalue weighted by molar-refractivity contribution is -0.149. The largest absolute Gasteiger partial charge is 0.490 e. The topological polar surface area (TPSA) is 42.0 Å². The van der Waals surface area contributed by atoms with E-state index in [1.807, 2.05) is 26.8 Å². The van der Waals surface area contributed by atoms with Crippen molar-refractivity contribution in [3.8, 4) is 11.5 Å². The third-order valence-corrected chi connectivity index (χ3v) is 5.94. The minimum absolute atomic E-state index is 0.105. The summed E-state index contributed by atoms with van der Waals surface area (Å²) >= 11 is 0. The van der Waals surface area contributed by atoms with Crippen molar-refractivity contribution in [2.24, 2.45) is 0 Å². The molecule has 2 heterocycles. The molecule has 1 atom stereocenters. The van der Waals surface area contributed by atoms with Gasteiger partial charge in [0.1, 0.15) is 5.54 Å². The second-order valence-corrected chi connectivity index (χ2v) is 8.63. The molecule has 2 aliphatic heterocycles. The molecule has 2 aliphatic rings. The maximum Gasteiger partial charge on any atom is 0.243 e. The zero-order chi connectivity index (χ0) is 20.3. The van der Waals surface area contributed by atoms with Crippen LogP contribution in [0.1, 0.15) is 65.9 Å². The van der Waals surface area contributed by atoms with Crippen LogP contribution in [-0.4, -0.2) is 53.1 Å². The number of hydrogen-bond donors (Lipinski definition) is 0. The Kier molecular flexibility index (Phi) is 6.54. The van der Waals surface area contributed by atoms with Crippen LogP contribution in [0.15, 0.2) is 18.2 Å². The number of benzene rings is 1. The molecule has 1 spiro atoms. The highest BCUT2D eigenvalue weighted by molar-refractivity contribution is 5.87. The normalized spacial score (nSPS) is 23.2. The van der Waals surface area contributed by atoms with Crippen LogP contribution in [0.3, 0.4) is 0 Å². The number of carbonyl (C=O) groups excluding carboxylic acids is 1. The van der Waals surface area contributed by atoms with Crippen LogP contribution in [0.25, 0.3) is 0 Å². The molecule has 5 heteroatoms. The van der Waals surface area contributed by atoms with Gasteiger partial charge in [-0.3, -0.25) is 9.69 Å². The molecule has 156 valence electrons. The number of rotatable bonds is 7. The number of hydrogen-bond acceptors (Lipinski definition) is 4. The molecule has 2 saturated heterocycles. The Morgan fingerprint density at radius 3 is 2.43 bits per heavy atom. The molecule has 0 bridgehead atoms. The van der Waals surface area contributed by atoms with Gasteiger partial charge < -0.3 is 14.4 Å². The fraction of sp³-hybridized carbons (Fsp3) is 0.696. The maximum atomic E-state index is 13.4. The van der Waals surface area contributed by atoms with Crippen molar-refractivity contribution in [2.45, 2.75) is 84.5 Å². The second-order valence-electron chi connectivity index (χ2n) is 8.63. The van der Waals surface area contributed by atoms with Gasteiger partial charge in [0.05, 0.1) is 12.7 Å². The lowest BCUT2D eigenvalue weighted by Gasteiger charge is -2.46. The highest BCUT2D eigenvalue weighted by Gasteiger charge is 2.51. The summed E-state index contributed by atoms with van der Waals surface area (Å²) in [5, 5.41) is 0. The van der Waals surface area contributed by atoms with Crippen molar-refractivity contribution in [2.75, 3.05) is 19.7 Å². The number of amides is 1. The molecule has 2 fully saturated rings. The summed E-state index contributed by atoms with van der Waals surface area (Å²) in [5.41, 5.74) is 0.858. The zero-order valence-corrected chi connectivity index (χ0v) is 18.2. The van der Waals surface area contributed by atoms with Gasteiger partial charge in [0.15, 0.2) is 11.5 Å². The molecule has 3 rings (SSSR count). The zero-order valence-electron chi connectivity index (χ0n) is 18.2. The summed E-state index contributed by atoms with van der Waals surface area (Å²) in [7, 11) is 0. The summed E-state index contributed by atoms with van der Waals surface area (Å²) < 4.78 is 11.7. The van der Waals surface area contributed by atoms with E-state index >= 15 is 0 Å². The fourth-order valence-electron chi connectivity index (χ4n) is 4.69. The van der Waals surface area contributed by atoms with Crippen LogP contribution in [0, 0.1) is 0 Å². The van der Waals surface area contributed by atoms with Crippen molar-refractivity contribution < 1.29 is 14.3 Å². The molecular formula is C23H36N2O3. The smallest absolute Gasteiger partial charge is 0.243 e. The van der Waals surface area contributed by atoms with Gasteiger partial charge in [0.25, 0.3) is 0 Å². The summed E-state index contributed by atoms with van der Waals surface area (Å²) in [6, 6.07) is 6.47. The standard InChI is InChI=1S/C23H36N2O3/c1-6-27-21-15-19(9-10-20(21)28-18(4)5)16-24-13-7-11-23(24)12-8-14-25(17(2)3)22(23)26/h9-10,15,17-18H,6-8,11-14,16H2,1-5H3. The van der Waals surface area contributed by atoms with Gasteiger partial charge in [0.2, 0.25) is 5.91 Å². The van der Waals surface area contributed by atoms with Gasteiger partial charge in [-0.05, 0) is 84.5 Å². The molecule has 5 nitrogen and oxygen atoms in total. The van der Waals surface area contributed by atoms with Crippen LogP contribution < -0.4 is 9.47 Å². The third kappa shape index (κ3) is 4.14. The van der Waals surface area contributed by atoms with Crippen LogP contribution in [0.4, 0.5) is 0 Å². The van der Waals surface area contributed by atoms with Gasteiger partial charge in [-0.2, -0.15) is 0 Å². The van der Waals surface area contributed by atoms with Crippen molar-refractivity contribution in [1.29, 1.82) is 0 Å². The Labute approximate surface area is 170 Å². The molecule has 0 aliphatic carbocycles. The predicted molar refractivity (Wildman–Crippen MR) is 112 cm³/mol. The fourth-order valence-corrected chi connectivity index (χ4v) is 4.69. The van der Waals surface area contributed by atoms with E-state index in [2.05, 4.69) is 35.8 Å². The highest BCUT2D eigenvalue weighted by Crippen LogP contribution is 2.40. The van der Waals surface area contributed by atoms with Crippen molar-refractivity contribution in [3.05, 3.63) is 23.8 Å². The minimum atomic E-state index is -0.318. The van der Waals surface area contributed by atoms with Gasteiger partial charge in [-0.25, -0.2) is 0 Å². The molecule has 0 N–H and O–H groups in total. The first-order chi connectivity index (χ1) is 13.4. The SMILES string of the molecule is CCOc1cc(CN2CCCC23CCCN(C(C)C)C3=O)ccc1OC(C)C.